The smallest absolute Gasteiger partial charge is 0.257 e. The van der Waals surface area contributed by atoms with E-state index in [0.717, 1.165) is 17.7 Å². The van der Waals surface area contributed by atoms with Crippen molar-refractivity contribution < 1.29 is 17.6 Å². The van der Waals surface area contributed by atoms with Gasteiger partial charge in [0.05, 0.1) is 10.6 Å². The molecule has 2 aromatic heterocycles. The zero-order valence-corrected chi connectivity index (χ0v) is 16.9. The van der Waals surface area contributed by atoms with Gasteiger partial charge in [-0.15, -0.1) is 21.5 Å². The Labute approximate surface area is 168 Å². The SMILES string of the molecule is O=S(=O)(CCOc1ccccc1)N1CCCCC1c1nnc(-c2cccs2)o1. The average Bonchev–Trinajstić information content (AvgIpc) is 3.40. The first kappa shape index (κ1) is 19.1. The van der Waals surface area contributed by atoms with E-state index < -0.39 is 16.1 Å². The maximum atomic E-state index is 13.0. The van der Waals surface area contributed by atoms with Crippen LogP contribution in [0.1, 0.15) is 31.2 Å². The van der Waals surface area contributed by atoms with Gasteiger partial charge in [0.15, 0.2) is 0 Å². The van der Waals surface area contributed by atoms with E-state index in [-0.39, 0.29) is 12.4 Å². The first-order valence-corrected chi connectivity index (χ1v) is 11.7. The molecular weight excluding hydrogens is 398 g/mol. The maximum Gasteiger partial charge on any atom is 0.257 e. The number of para-hydroxylation sites is 1. The minimum absolute atomic E-state index is 0.0929. The van der Waals surface area contributed by atoms with E-state index in [2.05, 4.69) is 10.2 Å². The zero-order valence-electron chi connectivity index (χ0n) is 15.2. The van der Waals surface area contributed by atoms with Crippen LogP contribution in [-0.4, -0.2) is 41.8 Å². The predicted molar refractivity (Wildman–Crippen MR) is 107 cm³/mol. The van der Waals surface area contributed by atoms with Crippen molar-refractivity contribution in [2.24, 2.45) is 0 Å². The van der Waals surface area contributed by atoms with Crippen LogP contribution < -0.4 is 4.74 Å². The van der Waals surface area contributed by atoms with Gasteiger partial charge in [0.1, 0.15) is 18.4 Å². The third kappa shape index (κ3) is 4.26. The van der Waals surface area contributed by atoms with E-state index in [9.17, 15) is 8.42 Å². The largest absolute Gasteiger partial charge is 0.492 e. The minimum Gasteiger partial charge on any atom is -0.492 e. The molecule has 4 rings (SSSR count). The second-order valence-electron chi connectivity index (χ2n) is 6.52. The molecule has 1 aliphatic heterocycles. The third-order valence-electron chi connectivity index (χ3n) is 4.62. The number of sulfonamides is 1. The van der Waals surface area contributed by atoms with Gasteiger partial charge in [-0.1, -0.05) is 30.7 Å². The number of nitrogens with zero attached hydrogens (tertiary/aromatic N) is 3. The Morgan fingerprint density at radius 3 is 2.79 bits per heavy atom. The molecule has 3 aromatic rings. The lowest BCUT2D eigenvalue weighted by atomic mass is 10.1. The highest BCUT2D eigenvalue weighted by Crippen LogP contribution is 2.34. The van der Waals surface area contributed by atoms with Gasteiger partial charge in [0.2, 0.25) is 15.9 Å². The summed E-state index contributed by atoms with van der Waals surface area (Å²) in [5.41, 5.74) is 0. The molecule has 0 saturated carbocycles. The first-order valence-electron chi connectivity index (χ1n) is 9.18. The number of hydrogen-bond donors (Lipinski definition) is 0. The van der Waals surface area contributed by atoms with E-state index in [4.69, 9.17) is 9.15 Å². The molecule has 3 heterocycles. The summed E-state index contributed by atoms with van der Waals surface area (Å²) in [5.74, 6) is 1.35. The molecule has 0 amide bonds. The Morgan fingerprint density at radius 1 is 1.14 bits per heavy atom. The van der Waals surface area contributed by atoms with Crippen LogP contribution in [0, 0.1) is 0 Å². The normalized spacial score (nSPS) is 18.2. The van der Waals surface area contributed by atoms with Crippen LogP contribution in [0.25, 0.3) is 10.8 Å². The molecular formula is C19H21N3O4S2. The van der Waals surface area contributed by atoms with Crippen LogP contribution in [0.5, 0.6) is 5.75 Å². The first-order chi connectivity index (χ1) is 13.6. The molecule has 1 fully saturated rings. The second-order valence-corrected chi connectivity index (χ2v) is 9.51. The van der Waals surface area contributed by atoms with Crippen LogP contribution in [0.15, 0.2) is 52.3 Å². The summed E-state index contributed by atoms with van der Waals surface area (Å²) in [6.07, 6.45) is 2.42. The molecule has 1 saturated heterocycles. The Kier molecular flexibility index (Phi) is 5.74. The molecule has 1 aromatic carbocycles. The van der Waals surface area contributed by atoms with Gasteiger partial charge < -0.3 is 9.15 Å². The van der Waals surface area contributed by atoms with E-state index in [0.29, 0.717) is 30.5 Å². The number of aromatic nitrogens is 2. The fourth-order valence-corrected chi connectivity index (χ4v) is 5.42. The second kappa shape index (κ2) is 8.42. The molecule has 148 valence electrons. The topological polar surface area (TPSA) is 85.5 Å². The summed E-state index contributed by atoms with van der Waals surface area (Å²) >= 11 is 1.51. The van der Waals surface area contributed by atoms with Gasteiger partial charge >= 0.3 is 0 Å². The molecule has 0 radical (unpaired) electrons. The van der Waals surface area contributed by atoms with Gasteiger partial charge in [0, 0.05) is 6.54 Å². The van der Waals surface area contributed by atoms with Crippen molar-refractivity contribution in [3.63, 3.8) is 0 Å². The zero-order chi connectivity index (χ0) is 19.4. The maximum absolute atomic E-state index is 13.0. The monoisotopic (exact) mass is 419 g/mol. The highest BCUT2D eigenvalue weighted by molar-refractivity contribution is 7.89. The van der Waals surface area contributed by atoms with Crippen molar-refractivity contribution in [2.75, 3.05) is 18.9 Å². The van der Waals surface area contributed by atoms with Crippen LogP contribution >= 0.6 is 11.3 Å². The standard InChI is InChI=1S/C19H21N3O4S2/c23-28(24,14-12-25-15-7-2-1-3-8-15)22-11-5-4-9-16(22)18-20-21-19(26-18)17-10-6-13-27-17/h1-3,6-8,10,13,16H,4-5,9,11-12,14H2. The van der Waals surface area contributed by atoms with Crippen LogP contribution in [0.4, 0.5) is 0 Å². The Hall–Kier alpha value is -2.23. The van der Waals surface area contributed by atoms with E-state index in [1.54, 1.807) is 12.1 Å². The van der Waals surface area contributed by atoms with Crippen LogP contribution in [0.2, 0.25) is 0 Å². The lowest BCUT2D eigenvalue weighted by Crippen LogP contribution is -2.41. The Morgan fingerprint density at radius 2 is 2.00 bits per heavy atom. The number of piperidine rings is 1. The number of ether oxygens (including phenoxy) is 1. The lowest BCUT2D eigenvalue weighted by molar-refractivity contribution is 0.218. The fraction of sp³-hybridized carbons (Fsp3) is 0.368. The highest BCUT2D eigenvalue weighted by atomic mass is 32.2. The third-order valence-corrected chi connectivity index (χ3v) is 7.31. The molecule has 28 heavy (non-hydrogen) atoms. The summed E-state index contributed by atoms with van der Waals surface area (Å²) in [7, 11) is -3.51. The number of hydrogen-bond acceptors (Lipinski definition) is 7. The van der Waals surface area contributed by atoms with Crippen LogP contribution in [0.3, 0.4) is 0 Å². The van der Waals surface area contributed by atoms with E-state index in [1.165, 1.54) is 15.6 Å². The molecule has 1 unspecified atom stereocenters. The molecule has 0 bridgehead atoms. The average molecular weight is 420 g/mol. The van der Waals surface area contributed by atoms with Crippen molar-refractivity contribution >= 4 is 21.4 Å². The van der Waals surface area contributed by atoms with Crippen molar-refractivity contribution in [3.8, 4) is 16.5 Å². The van der Waals surface area contributed by atoms with Gasteiger partial charge in [-0.05, 0) is 36.4 Å². The molecule has 7 nitrogen and oxygen atoms in total. The number of benzene rings is 1. The number of rotatable bonds is 7. The van der Waals surface area contributed by atoms with Gasteiger partial charge in [-0.2, -0.15) is 4.31 Å². The summed E-state index contributed by atoms with van der Waals surface area (Å²) in [4.78, 5) is 0.875. The van der Waals surface area contributed by atoms with Gasteiger partial charge in [0.25, 0.3) is 5.89 Å². The quantitative estimate of drug-likeness (QED) is 0.580. The van der Waals surface area contributed by atoms with E-state index in [1.807, 2.05) is 35.7 Å². The Bertz CT molecular complexity index is 987. The van der Waals surface area contributed by atoms with Crippen molar-refractivity contribution in [3.05, 3.63) is 53.7 Å². The molecule has 9 heteroatoms. The van der Waals surface area contributed by atoms with Crippen molar-refractivity contribution in [2.45, 2.75) is 25.3 Å². The van der Waals surface area contributed by atoms with E-state index >= 15 is 0 Å². The molecule has 0 spiro atoms. The van der Waals surface area contributed by atoms with Crippen LogP contribution in [-0.2, 0) is 10.0 Å². The highest BCUT2D eigenvalue weighted by Gasteiger charge is 2.36. The summed E-state index contributed by atoms with van der Waals surface area (Å²) in [6, 6.07) is 12.6. The van der Waals surface area contributed by atoms with Crippen molar-refractivity contribution in [1.82, 2.24) is 14.5 Å². The van der Waals surface area contributed by atoms with Crippen molar-refractivity contribution in [1.29, 1.82) is 0 Å². The molecule has 0 N–H and O–H groups in total. The molecule has 0 aliphatic carbocycles. The number of thiophene rings is 1. The lowest BCUT2D eigenvalue weighted by Gasteiger charge is -2.32. The summed E-state index contributed by atoms with van der Waals surface area (Å²) in [6.45, 7) is 0.550. The van der Waals surface area contributed by atoms with Gasteiger partial charge in [-0.25, -0.2) is 8.42 Å². The summed E-state index contributed by atoms with van der Waals surface area (Å²) in [5, 5.41) is 10.2. The minimum atomic E-state index is -3.51. The molecule has 1 aliphatic rings. The molecule has 1 atom stereocenters. The fourth-order valence-electron chi connectivity index (χ4n) is 3.25. The predicted octanol–water partition coefficient (Wildman–Crippen LogP) is 3.73. The Balaban J connectivity index is 1.47. The summed E-state index contributed by atoms with van der Waals surface area (Å²) < 4.78 is 38.8. The van der Waals surface area contributed by atoms with Gasteiger partial charge in [-0.3, -0.25) is 0 Å².